The molecule has 7 nitrogen and oxygen atoms in total. The van der Waals surface area contributed by atoms with E-state index in [4.69, 9.17) is 16.9 Å². The van der Waals surface area contributed by atoms with E-state index in [2.05, 4.69) is 30.9 Å². The van der Waals surface area contributed by atoms with Gasteiger partial charge in [-0.2, -0.15) is 5.26 Å². The first-order valence-corrected chi connectivity index (χ1v) is 10.3. The van der Waals surface area contributed by atoms with Gasteiger partial charge in [-0.05, 0) is 25.0 Å². The number of rotatable bonds is 3. The van der Waals surface area contributed by atoms with Gasteiger partial charge in [0.25, 0.3) is 0 Å². The van der Waals surface area contributed by atoms with Crippen molar-refractivity contribution in [2.75, 3.05) is 36.0 Å². The van der Waals surface area contributed by atoms with Crippen LogP contribution in [-0.2, 0) is 0 Å². The van der Waals surface area contributed by atoms with Gasteiger partial charge in [0, 0.05) is 50.4 Å². The van der Waals surface area contributed by atoms with E-state index in [1.807, 2.05) is 4.90 Å². The van der Waals surface area contributed by atoms with Gasteiger partial charge in [-0.25, -0.2) is 19.3 Å². The number of halogens is 2. The molecule has 0 saturated carbocycles. The molecule has 152 valence electrons. The molecule has 0 unspecified atom stereocenters. The summed E-state index contributed by atoms with van der Waals surface area (Å²) < 4.78 is 14.0. The Hall–Kier alpha value is -3.05. The van der Waals surface area contributed by atoms with Crippen LogP contribution < -0.4 is 9.80 Å². The van der Waals surface area contributed by atoms with Crippen molar-refractivity contribution in [2.45, 2.75) is 18.8 Å². The number of hydrogen-bond donors (Lipinski definition) is 0. The molecule has 3 aromatic rings. The molecule has 2 fully saturated rings. The molecule has 30 heavy (non-hydrogen) atoms. The van der Waals surface area contributed by atoms with Crippen molar-refractivity contribution in [1.82, 2.24) is 19.9 Å². The Balaban J connectivity index is 1.34. The maximum Gasteiger partial charge on any atom is 0.227 e. The highest BCUT2D eigenvalue weighted by Gasteiger charge is 2.35. The van der Waals surface area contributed by atoms with Crippen LogP contribution in [0, 0.1) is 23.1 Å². The van der Waals surface area contributed by atoms with Crippen molar-refractivity contribution in [3.05, 3.63) is 47.3 Å². The topological polar surface area (TPSA) is 81.8 Å². The zero-order chi connectivity index (χ0) is 20.7. The number of hydrogen-bond acceptors (Lipinski definition) is 7. The van der Waals surface area contributed by atoms with Crippen LogP contribution in [0.3, 0.4) is 0 Å². The summed E-state index contributed by atoms with van der Waals surface area (Å²) in [5, 5.41) is 9.50. The first-order chi connectivity index (χ1) is 14.6. The van der Waals surface area contributed by atoms with E-state index in [1.54, 1.807) is 24.5 Å². The van der Waals surface area contributed by atoms with Crippen LogP contribution in [-0.4, -0.2) is 46.1 Å². The van der Waals surface area contributed by atoms with Gasteiger partial charge in [0.15, 0.2) is 5.82 Å². The van der Waals surface area contributed by atoms with Crippen molar-refractivity contribution in [2.24, 2.45) is 5.92 Å². The van der Waals surface area contributed by atoms with Crippen molar-refractivity contribution in [1.29, 1.82) is 5.26 Å². The molecule has 0 amide bonds. The van der Waals surface area contributed by atoms with Gasteiger partial charge in [-0.1, -0.05) is 17.7 Å². The smallest absolute Gasteiger partial charge is 0.227 e. The fourth-order valence-corrected chi connectivity index (χ4v) is 4.40. The molecule has 0 spiro atoms. The SMILES string of the molecule is N#CC1CCN(c2nccnc2C2CN(c3nc(Cl)c4c(F)cccc4n3)C2)CC1. The third kappa shape index (κ3) is 3.29. The zero-order valence-corrected chi connectivity index (χ0v) is 16.9. The highest BCUT2D eigenvalue weighted by Crippen LogP contribution is 2.35. The molecule has 2 aromatic heterocycles. The van der Waals surface area contributed by atoms with Gasteiger partial charge in [-0.3, -0.25) is 4.98 Å². The lowest BCUT2D eigenvalue weighted by Crippen LogP contribution is -2.47. The molecule has 0 bridgehead atoms. The van der Waals surface area contributed by atoms with E-state index in [0.717, 1.165) is 37.4 Å². The highest BCUT2D eigenvalue weighted by molar-refractivity contribution is 6.34. The Kier molecular flexibility index (Phi) is 4.83. The van der Waals surface area contributed by atoms with E-state index in [-0.39, 0.29) is 22.4 Å². The summed E-state index contributed by atoms with van der Waals surface area (Å²) in [5.74, 6) is 1.30. The molecule has 4 heterocycles. The Labute approximate surface area is 178 Å². The largest absolute Gasteiger partial charge is 0.355 e. The number of aromatic nitrogens is 4. The van der Waals surface area contributed by atoms with Crippen molar-refractivity contribution in [3.63, 3.8) is 0 Å². The summed E-state index contributed by atoms with van der Waals surface area (Å²) >= 11 is 6.23. The molecule has 0 radical (unpaired) electrons. The van der Waals surface area contributed by atoms with E-state index in [9.17, 15) is 4.39 Å². The number of anilines is 2. The third-order valence-corrected chi connectivity index (χ3v) is 6.12. The van der Waals surface area contributed by atoms with Gasteiger partial charge in [-0.15, -0.1) is 0 Å². The molecule has 0 atom stereocenters. The Morgan fingerprint density at radius 3 is 2.60 bits per heavy atom. The predicted molar refractivity (Wildman–Crippen MR) is 112 cm³/mol. The van der Waals surface area contributed by atoms with Crippen LogP contribution in [0.2, 0.25) is 5.15 Å². The normalized spacial score (nSPS) is 17.8. The minimum Gasteiger partial charge on any atom is -0.355 e. The van der Waals surface area contributed by atoms with Gasteiger partial charge in [0.2, 0.25) is 5.95 Å². The predicted octanol–water partition coefficient (Wildman–Crippen LogP) is 3.56. The molecular formula is C21H19ClFN7. The molecule has 5 rings (SSSR count). The number of benzene rings is 1. The lowest BCUT2D eigenvalue weighted by molar-refractivity contribution is 0.472. The second-order valence-corrected chi connectivity index (χ2v) is 8.06. The van der Waals surface area contributed by atoms with Crippen LogP contribution in [0.1, 0.15) is 24.5 Å². The lowest BCUT2D eigenvalue weighted by atomic mass is 9.94. The first kappa shape index (κ1) is 18.9. The maximum absolute atomic E-state index is 14.0. The van der Waals surface area contributed by atoms with Crippen LogP contribution in [0.4, 0.5) is 16.2 Å². The van der Waals surface area contributed by atoms with E-state index in [0.29, 0.717) is 24.6 Å². The molecular weight excluding hydrogens is 405 g/mol. The van der Waals surface area contributed by atoms with Gasteiger partial charge in [0.05, 0.1) is 22.7 Å². The monoisotopic (exact) mass is 423 g/mol. The summed E-state index contributed by atoms with van der Waals surface area (Å²) in [7, 11) is 0. The number of nitriles is 1. The minimum atomic E-state index is -0.421. The first-order valence-electron chi connectivity index (χ1n) is 9.96. The molecule has 2 aliphatic heterocycles. The standard InChI is InChI=1S/C21H19ClFN7/c22-19-17-15(23)2-1-3-16(17)27-21(28-19)30-11-14(12-30)18-20(26-7-6-25-18)29-8-4-13(10-24)5-9-29/h1-3,6-7,13-14H,4-5,8-9,11-12H2. The van der Waals surface area contributed by atoms with Crippen molar-refractivity contribution >= 4 is 34.3 Å². The quantitative estimate of drug-likeness (QED) is 0.595. The Morgan fingerprint density at radius 1 is 1.07 bits per heavy atom. The van der Waals surface area contributed by atoms with Crippen molar-refractivity contribution < 1.29 is 4.39 Å². The van der Waals surface area contributed by atoms with Gasteiger partial charge in [0.1, 0.15) is 11.0 Å². The van der Waals surface area contributed by atoms with Gasteiger partial charge < -0.3 is 9.80 Å². The molecule has 0 aliphatic carbocycles. The summed E-state index contributed by atoms with van der Waals surface area (Å²) in [5.41, 5.74) is 1.45. The Morgan fingerprint density at radius 2 is 1.83 bits per heavy atom. The Bertz CT molecular complexity index is 1130. The molecule has 0 N–H and O–H groups in total. The van der Waals surface area contributed by atoms with E-state index < -0.39 is 5.82 Å². The maximum atomic E-state index is 14.0. The average molecular weight is 424 g/mol. The fraction of sp³-hybridized carbons (Fsp3) is 0.381. The fourth-order valence-electron chi connectivity index (χ4n) is 4.14. The number of fused-ring (bicyclic) bond motifs is 1. The summed E-state index contributed by atoms with van der Waals surface area (Å²) in [6, 6.07) is 7.07. The van der Waals surface area contributed by atoms with E-state index >= 15 is 0 Å². The van der Waals surface area contributed by atoms with Crippen LogP contribution >= 0.6 is 11.6 Å². The van der Waals surface area contributed by atoms with Crippen LogP contribution in [0.5, 0.6) is 0 Å². The second kappa shape index (κ2) is 7.65. The van der Waals surface area contributed by atoms with E-state index in [1.165, 1.54) is 6.07 Å². The molecule has 2 saturated heterocycles. The minimum absolute atomic E-state index is 0.122. The molecule has 2 aliphatic rings. The lowest BCUT2D eigenvalue weighted by Gasteiger charge is -2.40. The van der Waals surface area contributed by atoms with Crippen LogP contribution in [0.15, 0.2) is 30.6 Å². The zero-order valence-electron chi connectivity index (χ0n) is 16.2. The second-order valence-electron chi connectivity index (χ2n) is 7.71. The van der Waals surface area contributed by atoms with Crippen LogP contribution in [0.25, 0.3) is 10.9 Å². The third-order valence-electron chi connectivity index (χ3n) is 5.85. The molecule has 1 aromatic carbocycles. The highest BCUT2D eigenvalue weighted by atomic mass is 35.5. The summed E-state index contributed by atoms with van der Waals surface area (Å²) in [4.78, 5) is 22.2. The van der Waals surface area contributed by atoms with Crippen molar-refractivity contribution in [3.8, 4) is 6.07 Å². The van der Waals surface area contributed by atoms with Gasteiger partial charge >= 0.3 is 0 Å². The molecule has 9 heteroatoms. The number of nitrogens with zero attached hydrogens (tertiary/aromatic N) is 7. The average Bonchev–Trinajstić information content (AvgIpc) is 2.73. The number of piperidine rings is 1. The summed E-state index contributed by atoms with van der Waals surface area (Å²) in [6.45, 7) is 3.01. The summed E-state index contributed by atoms with van der Waals surface area (Å²) in [6.07, 6.45) is 5.13.